The Balaban J connectivity index is 1.94. The highest BCUT2D eigenvalue weighted by Crippen LogP contribution is 2.19. The van der Waals surface area contributed by atoms with Crippen molar-refractivity contribution < 1.29 is 18.0 Å². The van der Waals surface area contributed by atoms with Crippen molar-refractivity contribution in [3.05, 3.63) is 101 Å². The fraction of sp³-hybridized carbons (Fsp3) is 0.259. The number of hydrogen-bond acceptors (Lipinski definition) is 4. The van der Waals surface area contributed by atoms with E-state index >= 15 is 0 Å². The van der Waals surface area contributed by atoms with Crippen LogP contribution in [0.2, 0.25) is 5.02 Å². The van der Waals surface area contributed by atoms with E-state index in [-0.39, 0.29) is 23.8 Å². The quantitative estimate of drug-likeness (QED) is 0.436. The van der Waals surface area contributed by atoms with Crippen LogP contribution >= 0.6 is 11.6 Å². The summed E-state index contributed by atoms with van der Waals surface area (Å²) in [6, 6.07) is 21.9. The molecule has 0 fully saturated rings. The maximum atomic E-state index is 13.6. The Hall–Kier alpha value is -3.20. The van der Waals surface area contributed by atoms with Gasteiger partial charge in [-0.05, 0) is 42.3 Å². The van der Waals surface area contributed by atoms with Crippen LogP contribution in [-0.2, 0) is 32.6 Å². The predicted octanol–water partition coefficient (Wildman–Crippen LogP) is 3.66. The number of nitrogens with zero attached hydrogens (tertiary/aromatic N) is 2. The number of carbonyl (C=O) groups is 2. The number of aryl methyl sites for hydroxylation is 1. The first kappa shape index (κ1) is 27.4. The lowest BCUT2D eigenvalue weighted by molar-refractivity contribution is -0.141. The van der Waals surface area contributed by atoms with E-state index in [0.29, 0.717) is 5.02 Å². The number of carbonyl (C=O) groups excluding carboxylic acids is 2. The van der Waals surface area contributed by atoms with Gasteiger partial charge in [0, 0.05) is 32.1 Å². The van der Waals surface area contributed by atoms with Crippen LogP contribution in [0.1, 0.15) is 16.7 Å². The zero-order valence-corrected chi connectivity index (χ0v) is 22.1. The summed E-state index contributed by atoms with van der Waals surface area (Å²) in [7, 11) is -1.04. The highest BCUT2D eigenvalue weighted by atomic mass is 35.5. The lowest BCUT2D eigenvalue weighted by Gasteiger charge is -2.32. The molecule has 0 unspecified atom stereocenters. The molecular formula is C27H30ClN3O4S. The molecule has 0 bridgehead atoms. The van der Waals surface area contributed by atoms with E-state index in [1.165, 1.54) is 31.1 Å². The van der Waals surface area contributed by atoms with Crippen LogP contribution in [0.25, 0.3) is 0 Å². The number of hydrogen-bond donors (Lipinski definition) is 1. The molecule has 0 aromatic heterocycles. The molecule has 36 heavy (non-hydrogen) atoms. The van der Waals surface area contributed by atoms with Crippen LogP contribution in [0.5, 0.6) is 0 Å². The van der Waals surface area contributed by atoms with Crippen molar-refractivity contribution in [2.24, 2.45) is 0 Å². The monoisotopic (exact) mass is 527 g/mol. The predicted molar refractivity (Wildman–Crippen MR) is 141 cm³/mol. The standard InChI is InChI=1S/C27H30ClN3O4S/c1-20-12-14-24(15-13-20)36(34,35)30(3)19-26(32)31(18-22-10-7-11-23(28)16-22)25(27(33)29-2)17-21-8-5-4-6-9-21/h4-16,25H,17-19H2,1-3H3,(H,29,33)/t25-/m1/s1. The Bertz CT molecular complexity index is 1300. The van der Waals surface area contributed by atoms with Gasteiger partial charge >= 0.3 is 0 Å². The van der Waals surface area contributed by atoms with Gasteiger partial charge in [-0.15, -0.1) is 0 Å². The molecule has 0 heterocycles. The second kappa shape index (κ2) is 12.2. The smallest absolute Gasteiger partial charge is 0.243 e. The van der Waals surface area contributed by atoms with Crippen LogP contribution < -0.4 is 5.32 Å². The summed E-state index contributed by atoms with van der Waals surface area (Å²) < 4.78 is 27.2. The van der Waals surface area contributed by atoms with E-state index in [0.717, 1.165) is 21.0 Å². The summed E-state index contributed by atoms with van der Waals surface area (Å²) in [5.74, 6) is -0.851. The number of likely N-dealkylation sites (N-methyl/N-ethyl adjacent to an activating group) is 2. The third-order valence-corrected chi connectivity index (χ3v) is 7.90. The Morgan fingerprint density at radius 3 is 2.19 bits per heavy atom. The second-order valence-corrected chi connectivity index (χ2v) is 11.0. The lowest BCUT2D eigenvalue weighted by atomic mass is 10.0. The van der Waals surface area contributed by atoms with E-state index in [9.17, 15) is 18.0 Å². The van der Waals surface area contributed by atoms with Gasteiger partial charge < -0.3 is 10.2 Å². The van der Waals surface area contributed by atoms with Gasteiger partial charge in [0.15, 0.2) is 0 Å². The van der Waals surface area contributed by atoms with Crippen molar-refractivity contribution in [2.75, 3.05) is 20.6 Å². The maximum Gasteiger partial charge on any atom is 0.243 e. The molecule has 3 rings (SSSR count). The number of benzene rings is 3. The zero-order chi connectivity index (χ0) is 26.3. The van der Waals surface area contributed by atoms with Crippen LogP contribution in [0, 0.1) is 6.92 Å². The largest absolute Gasteiger partial charge is 0.357 e. The van der Waals surface area contributed by atoms with Crippen molar-refractivity contribution in [2.45, 2.75) is 30.8 Å². The van der Waals surface area contributed by atoms with Gasteiger partial charge in [-0.3, -0.25) is 9.59 Å². The topological polar surface area (TPSA) is 86.8 Å². The Morgan fingerprint density at radius 2 is 1.58 bits per heavy atom. The minimum Gasteiger partial charge on any atom is -0.357 e. The first-order chi connectivity index (χ1) is 17.1. The lowest BCUT2D eigenvalue weighted by Crippen LogP contribution is -2.52. The third kappa shape index (κ3) is 6.94. The molecule has 2 amide bonds. The minimum absolute atomic E-state index is 0.0860. The molecule has 3 aromatic rings. The average Bonchev–Trinajstić information content (AvgIpc) is 2.86. The molecular weight excluding hydrogens is 498 g/mol. The van der Waals surface area contributed by atoms with Gasteiger partial charge in [0.2, 0.25) is 21.8 Å². The molecule has 0 radical (unpaired) electrons. The molecule has 0 aliphatic heterocycles. The van der Waals surface area contributed by atoms with Gasteiger partial charge in [0.1, 0.15) is 6.04 Å². The van der Waals surface area contributed by atoms with E-state index in [1.54, 1.807) is 30.3 Å². The van der Waals surface area contributed by atoms with E-state index in [2.05, 4.69) is 5.32 Å². The van der Waals surface area contributed by atoms with Crippen molar-refractivity contribution in [1.29, 1.82) is 0 Å². The molecule has 7 nitrogen and oxygen atoms in total. The summed E-state index contributed by atoms with van der Waals surface area (Å²) in [5.41, 5.74) is 2.52. The first-order valence-corrected chi connectivity index (χ1v) is 13.3. The van der Waals surface area contributed by atoms with Crippen LogP contribution in [-0.4, -0.2) is 56.1 Å². The molecule has 3 aromatic carbocycles. The minimum atomic E-state index is -3.91. The van der Waals surface area contributed by atoms with E-state index in [1.807, 2.05) is 43.3 Å². The molecule has 1 N–H and O–H groups in total. The van der Waals surface area contributed by atoms with Crippen molar-refractivity contribution in [1.82, 2.24) is 14.5 Å². The summed E-state index contributed by atoms with van der Waals surface area (Å²) in [4.78, 5) is 28.1. The number of sulfonamides is 1. The highest BCUT2D eigenvalue weighted by Gasteiger charge is 2.32. The second-order valence-electron chi connectivity index (χ2n) is 8.55. The van der Waals surface area contributed by atoms with Gasteiger partial charge in [0.25, 0.3) is 0 Å². The summed E-state index contributed by atoms with van der Waals surface area (Å²) in [6.07, 6.45) is 0.265. The fourth-order valence-electron chi connectivity index (χ4n) is 3.81. The average molecular weight is 528 g/mol. The third-order valence-electron chi connectivity index (χ3n) is 5.85. The number of rotatable bonds is 10. The van der Waals surface area contributed by atoms with Crippen LogP contribution in [0.15, 0.2) is 83.8 Å². The van der Waals surface area contributed by atoms with Gasteiger partial charge in [0.05, 0.1) is 11.4 Å². The van der Waals surface area contributed by atoms with Gasteiger partial charge in [-0.25, -0.2) is 8.42 Å². The van der Waals surface area contributed by atoms with E-state index in [4.69, 9.17) is 11.6 Å². The van der Waals surface area contributed by atoms with Crippen molar-refractivity contribution >= 4 is 33.4 Å². The van der Waals surface area contributed by atoms with Crippen LogP contribution in [0.4, 0.5) is 0 Å². The number of halogens is 1. The van der Waals surface area contributed by atoms with Gasteiger partial charge in [-0.1, -0.05) is 71.8 Å². The van der Waals surface area contributed by atoms with E-state index < -0.39 is 28.5 Å². The zero-order valence-electron chi connectivity index (χ0n) is 20.5. The summed E-state index contributed by atoms with van der Waals surface area (Å²) in [5, 5.41) is 3.14. The van der Waals surface area contributed by atoms with Gasteiger partial charge in [-0.2, -0.15) is 4.31 Å². The molecule has 9 heteroatoms. The number of amides is 2. The Labute approximate surface area is 217 Å². The fourth-order valence-corrected chi connectivity index (χ4v) is 5.14. The normalized spacial score (nSPS) is 12.2. The highest BCUT2D eigenvalue weighted by molar-refractivity contribution is 7.89. The SMILES string of the molecule is CNC(=O)[C@@H](Cc1ccccc1)N(Cc1cccc(Cl)c1)C(=O)CN(C)S(=O)(=O)c1ccc(C)cc1. The molecule has 0 saturated carbocycles. The molecule has 190 valence electrons. The van der Waals surface area contributed by atoms with Crippen molar-refractivity contribution in [3.63, 3.8) is 0 Å². The molecule has 0 spiro atoms. The van der Waals surface area contributed by atoms with Crippen LogP contribution in [0.3, 0.4) is 0 Å². The molecule has 0 aliphatic carbocycles. The summed E-state index contributed by atoms with van der Waals surface area (Å²) in [6.45, 7) is 1.52. The maximum absolute atomic E-state index is 13.6. The Kier molecular flexibility index (Phi) is 9.25. The number of nitrogens with one attached hydrogen (secondary N) is 1. The first-order valence-electron chi connectivity index (χ1n) is 11.4. The Morgan fingerprint density at radius 1 is 0.944 bits per heavy atom. The molecule has 1 atom stereocenters. The van der Waals surface area contributed by atoms with Crippen molar-refractivity contribution in [3.8, 4) is 0 Å². The molecule has 0 aliphatic rings. The molecule has 0 saturated heterocycles. The summed E-state index contributed by atoms with van der Waals surface area (Å²) >= 11 is 6.16.